The fourth-order valence-corrected chi connectivity index (χ4v) is 1.30. The fourth-order valence-electron chi connectivity index (χ4n) is 0.563. The summed E-state index contributed by atoms with van der Waals surface area (Å²) in [6.07, 6.45) is 1.68. The number of carbonyl (C=O) groups is 1. The van der Waals surface area contributed by atoms with Crippen molar-refractivity contribution in [1.29, 1.82) is 0 Å². The lowest BCUT2D eigenvalue weighted by Gasteiger charge is -1.93. The van der Waals surface area contributed by atoms with Crippen LogP contribution in [0.5, 0.6) is 0 Å². The summed E-state index contributed by atoms with van der Waals surface area (Å²) >= 11 is 6.48. The highest BCUT2D eigenvalue weighted by Gasteiger charge is 1.97. The lowest BCUT2D eigenvalue weighted by molar-refractivity contribution is -0.109. The van der Waals surface area contributed by atoms with Gasteiger partial charge in [-0.25, -0.2) is 4.98 Å². The number of halogens is 2. The van der Waals surface area contributed by atoms with Crippen LogP contribution in [0.25, 0.3) is 0 Å². The Morgan fingerprint density at radius 3 is 2.83 bits per heavy atom. The molecule has 2 nitrogen and oxygen atoms in total. The molecule has 1 aromatic rings. The molecule has 1 aromatic heterocycles. The van der Waals surface area contributed by atoms with Crippen molar-refractivity contribution in [3.8, 4) is 0 Å². The Kier molecular flexibility index (Phi) is 6.16. The van der Waals surface area contributed by atoms with Crippen LogP contribution in [-0.4, -0.2) is 16.0 Å². The number of thioether (sulfide) groups is 1. The van der Waals surface area contributed by atoms with E-state index in [1.807, 2.05) is 18.2 Å². The van der Waals surface area contributed by atoms with Gasteiger partial charge in [0.1, 0.15) is 0 Å². The van der Waals surface area contributed by atoms with Crippen LogP contribution in [0.1, 0.15) is 0 Å². The minimum Gasteiger partial charge on any atom is -0.280 e. The number of pyridine rings is 1. The largest absolute Gasteiger partial charge is 0.280 e. The minimum atomic E-state index is -0.347. The topological polar surface area (TPSA) is 30.0 Å². The molecule has 0 spiro atoms. The lowest BCUT2D eigenvalue weighted by Crippen LogP contribution is -1.89. The van der Waals surface area contributed by atoms with Gasteiger partial charge in [0.25, 0.3) is 0 Å². The fraction of sp³-hybridized carbons (Fsp3) is 0.143. The van der Waals surface area contributed by atoms with Gasteiger partial charge >= 0.3 is 0 Å². The van der Waals surface area contributed by atoms with Crippen LogP contribution in [0.2, 0.25) is 0 Å². The van der Waals surface area contributed by atoms with Crippen molar-refractivity contribution in [2.75, 3.05) is 5.75 Å². The van der Waals surface area contributed by atoms with Gasteiger partial charge in [0, 0.05) is 6.20 Å². The summed E-state index contributed by atoms with van der Waals surface area (Å²) in [5.41, 5.74) is 0. The monoisotopic (exact) mass is 223 g/mol. The molecule has 0 atom stereocenters. The van der Waals surface area contributed by atoms with Crippen molar-refractivity contribution in [2.45, 2.75) is 5.03 Å². The van der Waals surface area contributed by atoms with Gasteiger partial charge in [0.15, 0.2) is 0 Å². The first-order valence-electron chi connectivity index (χ1n) is 3.01. The van der Waals surface area contributed by atoms with E-state index in [2.05, 4.69) is 4.98 Å². The SMILES string of the molecule is Cl.O=C(Cl)CSc1ccccn1. The smallest absolute Gasteiger partial charge is 0.231 e. The molecule has 5 heteroatoms. The molecule has 1 rings (SSSR count). The molecule has 0 saturated carbocycles. The number of aromatic nitrogens is 1. The highest BCUT2D eigenvalue weighted by molar-refractivity contribution is 8.00. The van der Waals surface area contributed by atoms with Crippen molar-refractivity contribution in [3.05, 3.63) is 24.4 Å². The summed E-state index contributed by atoms with van der Waals surface area (Å²) < 4.78 is 0. The zero-order valence-corrected chi connectivity index (χ0v) is 8.46. The van der Waals surface area contributed by atoms with E-state index in [9.17, 15) is 4.79 Å². The third kappa shape index (κ3) is 4.59. The van der Waals surface area contributed by atoms with Crippen LogP contribution in [0, 0.1) is 0 Å². The van der Waals surface area contributed by atoms with Gasteiger partial charge in [-0.15, -0.1) is 12.4 Å². The normalized spacial score (nSPS) is 8.75. The van der Waals surface area contributed by atoms with Crippen LogP contribution < -0.4 is 0 Å². The Balaban J connectivity index is 0.00000121. The zero-order valence-electron chi connectivity index (χ0n) is 6.07. The number of hydrogen-bond acceptors (Lipinski definition) is 3. The van der Waals surface area contributed by atoms with Gasteiger partial charge in [0.2, 0.25) is 5.24 Å². The number of carbonyl (C=O) groups excluding carboxylic acids is 1. The molecule has 0 aliphatic carbocycles. The van der Waals surface area contributed by atoms with Crippen molar-refractivity contribution < 1.29 is 4.79 Å². The van der Waals surface area contributed by atoms with E-state index in [-0.39, 0.29) is 23.4 Å². The van der Waals surface area contributed by atoms with E-state index in [1.54, 1.807) is 6.20 Å². The van der Waals surface area contributed by atoms with Gasteiger partial charge in [-0.2, -0.15) is 0 Å². The van der Waals surface area contributed by atoms with Gasteiger partial charge in [-0.1, -0.05) is 17.8 Å². The van der Waals surface area contributed by atoms with Crippen molar-refractivity contribution in [1.82, 2.24) is 4.98 Å². The Labute approximate surface area is 86.1 Å². The highest BCUT2D eigenvalue weighted by atomic mass is 35.5. The van der Waals surface area contributed by atoms with Crippen molar-refractivity contribution in [2.24, 2.45) is 0 Å². The maximum absolute atomic E-state index is 10.3. The van der Waals surface area contributed by atoms with Crippen LogP contribution in [0.4, 0.5) is 0 Å². The maximum Gasteiger partial charge on any atom is 0.231 e. The highest BCUT2D eigenvalue weighted by Crippen LogP contribution is 2.13. The summed E-state index contributed by atoms with van der Waals surface area (Å²) in [6.45, 7) is 0. The number of rotatable bonds is 3. The average molecular weight is 224 g/mol. The first-order valence-corrected chi connectivity index (χ1v) is 4.37. The molecule has 0 aromatic carbocycles. The molecule has 0 N–H and O–H groups in total. The Hall–Kier alpha value is -0.250. The van der Waals surface area contributed by atoms with Crippen molar-refractivity contribution >= 4 is 41.0 Å². The number of hydrogen-bond donors (Lipinski definition) is 0. The summed E-state index contributed by atoms with van der Waals surface area (Å²) in [5, 5.41) is 0.474. The third-order valence-electron chi connectivity index (χ3n) is 0.971. The molecule has 0 aliphatic heterocycles. The Bertz CT molecular complexity index is 242. The summed E-state index contributed by atoms with van der Waals surface area (Å²) in [7, 11) is 0. The molecule has 0 fully saturated rings. The van der Waals surface area contributed by atoms with Crippen molar-refractivity contribution in [3.63, 3.8) is 0 Å². The molecule has 0 amide bonds. The molecule has 0 unspecified atom stereocenters. The molecule has 0 aliphatic rings. The second-order valence-corrected chi connectivity index (χ2v) is 3.23. The third-order valence-corrected chi connectivity index (χ3v) is 2.21. The van der Waals surface area contributed by atoms with E-state index in [1.165, 1.54) is 11.8 Å². The quantitative estimate of drug-likeness (QED) is 0.583. The summed E-state index contributed by atoms with van der Waals surface area (Å²) in [6, 6.07) is 5.53. The van der Waals surface area contributed by atoms with Crippen LogP contribution in [-0.2, 0) is 4.79 Å². The minimum absolute atomic E-state index is 0. The van der Waals surface area contributed by atoms with Crippen LogP contribution >= 0.6 is 35.8 Å². The molecule has 12 heavy (non-hydrogen) atoms. The van der Waals surface area contributed by atoms with E-state index in [0.29, 0.717) is 0 Å². The standard InChI is InChI=1S/C7H6ClNOS.ClH/c8-6(10)5-11-7-3-1-2-4-9-7;/h1-4H,5H2;1H. The van der Waals surface area contributed by atoms with Gasteiger partial charge < -0.3 is 0 Å². The molecular weight excluding hydrogens is 217 g/mol. The molecule has 66 valence electrons. The average Bonchev–Trinajstić information content (AvgIpc) is 2.03. The molecule has 1 heterocycles. The zero-order chi connectivity index (χ0) is 8.10. The predicted octanol–water partition coefficient (Wildman–Crippen LogP) is 2.36. The van der Waals surface area contributed by atoms with Gasteiger partial charge in [-0.3, -0.25) is 4.79 Å². The summed E-state index contributed by atoms with van der Waals surface area (Å²) in [4.78, 5) is 14.3. The van der Waals surface area contributed by atoms with Crippen LogP contribution in [0.15, 0.2) is 29.4 Å². The summed E-state index contributed by atoms with van der Waals surface area (Å²) in [5.74, 6) is 0.276. The van der Waals surface area contributed by atoms with E-state index < -0.39 is 0 Å². The van der Waals surface area contributed by atoms with E-state index >= 15 is 0 Å². The first kappa shape index (κ1) is 11.8. The Morgan fingerprint density at radius 1 is 1.58 bits per heavy atom. The molecular formula is C7H7Cl2NOS. The van der Waals surface area contributed by atoms with Gasteiger partial charge in [-0.05, 0) is 23.7 Å². The predicted molar refractivity (Wildman–Crippen MR) is 53.1 cm³/mol. The number of nitrogens with zero attached hydrogens (tertiary/aromatic N) is 1. The molecule has 0 saturated heterocycles. The molecule has 0 radical (unpaired) electrons. The van der Waals surface area contributed by atoms with E-state index in [4.69, 9.17) is 11.6 Å². The Morgan fingerprint density at radius 2 is 2.33 bits per heavy atom. The van der Waals surface area contributed by atoms with E-state index in [0.717, 1.165) is 5.03 Å². The first-order chi connectivity index (χ1) is 5.29. The van der Waals surface area contributed by atoms with Gasteiger partial charge in [0.05, 0.1) is 10.8 Å². The maximum atomic E-state index is 10.3. The lowest BCUT2D eigenvalue weighted by atomic mass is 10.5. The second kappa shape index (κ2) is 6.29. The second-order valence-electron chi connectivity index (χ2n) is 1.81. The van der Waals surface area contributed by atoms with Crippen LogP contribution in [0.3, 0.4) is 0 Å². The molecule has 0 bridgehead atoms.